The highest BCUT2D eigenvalue weighted by Gasteiger charge is 2.26. The van der Waals surface area contributed by atoms with Crippen LogP contribution in [0.3, 0.4) is 0 Å². The summed E-state index contributed by atoms with van der Waals surface area (Å²) in [5, 5.41) is 2.84. The lowest BCUT2D eigenvalue weighted by Gasteiger charge is -2.19. The lowest BCUT2D eigenvalue weighted by Crippen LogP contribution is -2.28. The molecule has 0 aliphatic heterocycles. The molecule has 0 radical (unpaired) electrons. The molecule has 0 fully saturated rings. The summed E-state index contributed by atoms with van der Waals surface area (Å²) in [5.74, 6) is 1.13. The second-order valence-electron chi connectivity index (χ2n) is 7.80. The molecule has 0 aromatic heterocycles. The molecule has 9 heteroatoms. The lowest BCUT2D eigenvalue weighted by atomic mass is 10.1. The summed E-state index contributed by atoms with van der Waals surface area (Å²) in [6.45, 7) is 0.524. The predicted molar refractivity (Wildman–Crippen MR) is 134 cm³/mol. The molecular weight excluding hydrogens is 468 g/mol. The van der Waals surface area contributed by atoms with Crippen molar-refractivity contribution < 1.29 is 27.4 Å². The maximum absolute atomic E-state index is 13.3. The van der Waals surface area contributed by atoms with E-state index in [9.17, 15) is 13.2 Å². The summed E-state index contributed by atoms with van der Waals surface area (Å²) in [7, 11) is 2.13. The molecule has 0 spiro atoms. The second-order valence-corrected chi connectivity index (χ2v) is 9.81. The topological polar surface area (TPSA) is 94.2 Å². The third-order valence-electron chi connectivity index (χ3n) is 5.54. The Morgan fingerprint density at radius 2 is 1.60 bits per heavy atom. The largest absolute Gasteiger partial charge is 0.497 e. The van der Waals surface area contributed by atoms with Crippen molar-refractivity contribution in [3.8, 4) is 17.2 Å². The average molecular weight is 499 g/mol. The molecule has 3 aromatic carbocycles. The fourth-order valence-corrected chi connectivity index (χ4v) is 4.92. The van der Waals surface area contributed by atoms with Crippen molar-refractivity contribution in [2.45, 2.75) is 17.9 Å². The molecule has 8 nitrogen and oxygen atoms in total. The molecule has 0 saturated carbocycles. The summed E-state index contributed by atoms with van der Waals surface area (Å²) in [4.78, 5) is 12.8. The van der Waals surface area contributed by atoms with Crippen molar-refractivity contribution in [3.63, 3.8) is 0 Å². The van der Waals surface area contributed by atoms with E-state index in [0.717, 1.165) is 11.1 Å². The molecule has 3 rings (SSSR count). The molecule has 1 amide bonds. The van der Waals surface area contributed by atoms with E-state index in [4.69, 9.17) is 14.2 Å². The van der Waals surface area contributed by atoms with Gasteiger partial charge in [0.1, 0.15) is 22.1 Å². The van der Waals surface area contributed by atoms with Gasteiger partial charge in [0.25, 0.3) is 5.91 Å². The van der Waals surface area contributed by atoms with E-state index in [0.29, 0.717) is 24.5 Å². The Kier molecular flexibility index (Phi) is 8.73. The first-order valence-corrected chi connectivity index (χ1v) is 12.4. The third-order valence-corrected chi connectivity index (χ3v) is 7.36. The van der Waals surface area contributed by atoms with Gasteiger partial charge in [-0.2, -0.15) is 4.31 Å². The quantitative estimate of drug-likeness (QED) is 0.435. The number of amides is 1. The first-order valence-electron chi connectivity index (χ1n) is 11.0. The van der Waals surface area contributed by atoms with Crippen molar-refractivity contribution >= 4 is 15.9 Å². The summed E-state index contributed by atoms with van der Waals surface area (Å²) in [5.41, 5.74) is 1.98. The Balaban J connectivity index is 1.74. The van der Waals surface area contributed by atoms with Crippen LogP contribution in [0.1, 0.15) is 21.5 Å². The number of methoxy groups -OCH3 is 3. The van der Waals surface area contributed by atoms with Crippen LogP contribution in [-0.4, -0.2) is 53.6 Å². The molecule has 1 N–H and O–H groups in total. The molecule has 0 unspecified atom stereocenters. The average Bonchev–Trinajstić information content (AvgIpc) is 2.88. The van der Waals surface area contributed by atoms with E-state index in [1.54, 1.807) is 26.4 Å². The molecule has 0 saturated heterocycles. The van der Waals surface area contributed by atoms with Crippen LogP contribution in [0.2, 0.25) is 0 Å². The summed E-state index contributed by atoms with van der Waals surface area (Å²) < 4.78 is 43.7. The molecule has 35 heavy (non-hydrogen) atoms. The van der Waals surface area contributed by atoms with Crippen LogP contribution in [0.5, 0.6) is 17.2 Å². The number of hydrogen-bond donors (Lipinski definition) is 1. The molecule has 0 atom stereocenters. The number of hydrogen-bond acceptors (Lipinski definition) is 6. The minimum atomic E-state index is -3.92. The van der Waals surface area contributed by atoms with Gasteiger partial charge in [-0.25, -0.2) is 8.42 Å². The Labute approximate surface area is 206 Å². The zero-order valence-electron chi connectivity index (χ0n) is 20.3. The Morgan fingerprint density at radius 3 is 2.26 bits per heavy atom. The monoisotopic (exact) mass is 498 g/mol. The van der Waals surface area contributed by atoms with Crippen LogP contribution in [0.15, 0.2) is 71.6 Å². The highest BCUT2D eigenvalue weighted by Crippen LogP contribution is 2.28. The predicted octanol–water partition coefficient (Wildman–Crippen LogP) is 3.51. The lowest BCUT2D eigenvalue weighted by molar-refractivity contribution is 0.0953. The Hall–Kier alpha value is -3.56. The van der Waals surface area contributed by atoms with Gasteiger partial charge in [-0.1, -0.05) is 36.4 Å². The van der Waals surface area contributed by atoms with Crippen molar-refractivity contribution in [2.75, 3.05) is 34.9 Å². The van der Waals surface area contributed by atoms with Gasteiger partial charge in [-0.15, -0.1) is 0 Å². The molecule has 0 heterocycles. The number of nitrogens with one attached hydrogen (secondary N) is 1. The molecule has 0 aliphatic rings. The van der Waals surface area contributed by atoms with Crippen LogP contribution in [0, 0.1) is 0 Å². The van der Waals surface area contributed by atoms with E-state index in [1.165, 1.54) is 30.6 Å². The van der Waals surface area contributed by atoms with Crippen LogP contribution in [0.25, 0.3) is 0 Å². The number of benzene rings is 3. The number of carbonyl (C=O) groups is 1. The highest BCUT2D eigenvalue weighted by molar-refractivity contribution is 7.89. The Morgan fingerprint density at radius 1 is 0.886 bits per heavy atom. The zero-order valence-corrected chi connectivity index (χ0v) is 21.1. The first-order chi connectivity index (χ1) is 16.8. The van der Waals surface area contributed by atoms with Gasteiger partial charge in [0.05, 0.1) is 21.3 Å². The van der Waals surface area contributed by atoms with Crippen molar-refractivity contribution in [3.05, 3.63) is 83.4 Å². The molecular formula is C26H30N2O6S. The van der Waals surface area contributed by atoms with Crippen molar-refractivity contribution in [1.82, 2.24) is 9.62 Å². The standard InChI is InChI=1S/C26H30N2O6S/c1-28(18-19-8-6-5-7-9-19)35(30,31)25-16-21(11-13-23(25)33-3)26(29)27-15-14-20-10-12-22(32-2)17-24(20)34-4/h5-13,16-17H,14-15,18H2,1-4H3,(H,27,29). The summed E-state index contributed by atoms with van der Waals surface area (Å²) in [6.07, 6.45) is 0.528. The van der Waals surface area contributed by atoms with Gasteiger partial charge >= 0.3 is 0 Å². The van der Waals surface area contributed by atoms with Crippen LogP contribution in [0.4, 0.5) is 0 Å². The minimum absolute atomic E-state index is 0.0668. The Bertz CT molecular complexity index is 1260. The number of carbonyl (C=O) groups excluding carboxylic acids is 1. The van der Waals surface area contributed by atoms with E-state index >= 15 is 0 Å². The fourth-order valence-electron chi connectivity index (χ4n) is 3.58. The number of sulfonamides is 1. The maximum Gasteiger partial charge on any atom is 0.251 e. The van der Waals surface area contributed by atoms with Gasteiger partial charge in [0, 0.05) is 31.8 Å². The third kappa shape index (κ3) is 6.32. The van der Waals surface area contributed by atoms with Crippen molar-refractivity contribution in [2.24, 2.45) is 0 Å². The van der Waals surface area contributed by atoms with Crippen LogP contribution < -0.4 is 19.5 Å². The number of nitrogens with zero attached hydrogens (tertiary/aromatic N) is 1. The smallest absolute Gasteiger partial charge is 0.251 e. The fraction of sp³-hybridized carbons (Fsp3) is 0.269. The van der Waals surface area contributed by atoms with Crippen molar-refractivity contribution in [1.29, 1.82) is 0 Å². The summed E-state index contributed by atoms with van der Waals surface area (Å²) in [6, 6.07) is 19.1. The van der Waals surface area contributed by atoms with Gasteiger partial charge in [-0.05, 0) is 41.8 Å². The second kappa shape index (κ2) is 11.7. The van der Waals surface area contributed by atoms with E-state index in [1.807, 2.05) is 42.5 Å². The normalized spacial score (nSPS) is 11.2. The molecule has 0 aliphatic carbocycles. The molecule has 0 bridgehead atoms. The summed E-state index contributed by atoms with van der Waals surface area (Å²) >= 11 is 0. The zero-order chi connectivity index (χ0) is 25.4. The van der Waals surface area contributed by atoms with Gasteiger partial charge < -0.3 is 19.5 Å². The van der Waals surface area contributed by atoms with Gasteiger partial charge in [0.2, 0.25) is 10.0 Å². The SMILES string of the molecule is COc1ccc(CCNC(=O)c2ccc(OC)c(S(=O)(=O)N(C)Cc3ccccc3)c2)c(OC)c1. The van der Waals surface area contributed by atoms with Crippen LogP contribution in [-0.2, 0) is 23.0 Å². The van der Waals surface area contributed by atoms with E-state index < -0.39 is 10.0 Å². The number of rotatable bonds is 11. The van der Waals surface area contributed by atoms with E-state index in [2.05, 4.69) is 5.32 Å². The van der Waals surface area contributed by atoms with Gasteiger partial charge in [0.15, 0.2) is 0 Å². The number of ether oxygens (including phenoxy) is 3. The van der Waals surface area contributed by atoms with Gasteiger partial charge in [-0.3, -0.25) is 4.79 Å². The maximum atomic E-state index is 13.3. The minimum Gasteiger partial charge on any atom is -0.497 e. The van der Waals surface area contributed by atoms with E-state index in [-0.39, 0.29) is 28.7 Å². The first kappa shape index (κ1) is 26.1. The van der Waals surface area contributed by atoms with Crippen LogP contribution >= 0.6 is 0 Å². The molecule has 3 aromatic rings. The highest BCUT2D eigenvalue weighted by atomic mass is 32.2. The molecule has 186 valence electrons.